The molecule has 2 aromatic heterocycles. The topological polar surface area (TPSA) is 95.1 Å². The Balaban J connectivity index is 2.03. The van der Waals surface area contributed by atoms with Crippen LogP contribution in [0.15, 0.2) is 42.4 Å². The highest BCUT2D eigenvalue weighted by Crippen LogP contribution is 2.24. The number of aryl methyl sites for hydroxylation is 1. The zero-order valence-corrected chi connectivity index (χ0v) is 14.6. The number of amides is 1. The van der Waals surface area contributed by atoms with Gasteiger partial charge in [-0.05, 0) is 44.1 Å². The molecule has 0 aliphatic carbocycles. The first-order valence-electron chi connectivity index (χ1n) is 8.37. The summed E-state index contributed by atoms with van der Waals surface area (Å²) in [7, 11) is 1.94. The standard InChI is InChI=1S/C18H24N6O/c1-13(19)5-6-17(20)24-16(14-7-10-22(2)12-14)11-15(21-24)18(25)23-8-3-4-9-23/h5-7,10-12H,3-4,8-9,19-20H2,1-2H3/b13-5-,17-6+. The van der Waals surface area contributed by atoms with Crippen molar-refractivity contribution in [3.63, 3.8) is 0 Å². The lowest BCUT2D eigenvalue weighted by molar-refractivity contribution is 0.0786. The Morgan fingerprint density at radius 2 is 1.96 bits per heavy atom. The molecule has 7 nitrogen and oxygen atoms in total. The number of nitrogens with two attached hydrogens (primary N) is 2. The van der Waals surface area contributed by atoms with E-state index in [0.717, 1.165) is 37.2 Å². The van der Waals surface area contributed by atoms with Crippen LogP contribution >= 0.6 is 0 Å². The average molecular weight is 340 g/mol. The maximum Gasteiger partial charge on any atom is 0.274 e. The second kappa shape index (κ2) is 6.88. The van der Waals surface area contributed by atoms with Crippen LogP contribution in [0.4, 0.5) is 0 Å². The van der Waals surface area contributed by atoms with E-state index < -0.39 is 0 Å². The van der Waals surface area contributed by atoms with Crippen molar-refractivity contribution in [2.75, 3.05) is 13.1 Å². The van der Waals surface area contributed by atoms with Gasteiger partial charge in [0.25, 0.3) is 5.91 Å². The average Bonchev–Trinajstić information content (AvgIpc) is 3.31. The number of rotatable bonds is 4. The molecule has 3 heterocycles. The third kappa shape index (κ3) is 3.60. The summed E-state index contributed by atoms with van der Waals surface area (Å²) in [4.78, 5) is 14.5. The van der Waals surface area contributed by atoms with Gasteiger partial charge in [0.2, 0.25) is 0 Å². The van der Waals surface area contributed by atoms with Crippen molar-refractivity contribution in [2.45, 2.75) is 19.8 Å². The van der Waals surface area contributed by atoms with Crippen molar-refractivity contribution >= 4 is 11.7 Å². The normalized spacial score (nSPS) is 15.8. The molecular formula is C18H24N6O. The lowest BCUT2D eigenvalue weighted by Gasteiger charge is -2.12. The van der Waals surface area contributed by atoms with Crippen molar-refractivity contribution in [1.82, 2.24) is 19.2 Å². The zero-order chi connectivity index (χ0) is 18.0. The van der Waals surface area contributed by atoms with Crippen LogP contribution in [-0.4, -0.2) is 38.2 Å². The van der Waals surface area contributed by atoms with E-state index in [2.05, 4.69) is 5.10 Å². The Morgan fingerprint density at radius 1 is 1.24 bits per heavy atom. The highest BCUT2D eigenvalue weighted by molar-refractivity contribution is 5.94. The summed E-state index contributed by atoms with van der Waals surface area (Å²) >= 11 is 0. The van der Waals surface area contributed by atoms with Crippen molar-refractivity contribution in [2.24, 2.45) is 18.5 Å². The van der Waals surface area contributed by atoms with Gasteiger partial charge in [0.15, 0.2) is 5.69 Å². The summed E-state index contributed by atoms with van der Waals surface area (Å²) in [6.07, 6.45) is 9.40. The summed E-state index contributed by atoms with van der Waals surface area (Å²) in [5, 5.41) is 4.47. The predicted octanol–water partition coefficient (Wildman–Crippen LogP) is 1.74. The Labute approximate surface area is 147 Å². The minimum Gasteiger partial charge on any atom is -0.402 e. The number of aromatic nitrogens is 3. The van der Waals surface area contributed by atoms with Crippen molar-refractivity contribution < 1.29 is 4.79 Å². The molecule has 0 saturated carbocycles. The molecule has 1 aliphatic heterocycles. The number of carbonyl (C=O) groups excluding carboxylic acids is 1. The van der Waals surface area contributed by atoms with E-state index in [1.165, 1.54) is 0 Å². The zero-order valence-electron chi connectivity index (χ0n) is 14.6. The van der Waals surface area contributed by atoms with Crippen LogP contribution in [-0.2, 0) is 7.05 Å². The van der Waals surface area contributed by atoms with Gasteiger partial charge >= 0.3 is 0 Å². The van der Waals surface area contributed by atoms with Gasteiger partial charge < -0.3 is 20.9 Å². The quantitative estimate of drug-likeness (QED) is 0.829. The molecule has 0 radical (unpaired) electrons. The smallest absolute Gasteiger partial charge is 0.274 e. The second-order valence-electron chi connectivity index (χ2n) is 6.39. The lowest BCUT2D eigenvalue weighted by atomic mass is 10.2. The summed E-state index contributed by atoms with van der Waals surface area (Å²) in [5.74, 6) is 0.357. The van der Waals surface area contributed by atoms with Crippen LogP contribution in [0.1, 0.15) is 30.3 Å². The molecule has 3 rings (SSSR count). The van der Waals surface area contributed by atoms with E-state index in [0.29, 0.717) is 17.2 Å². The Bertz CT molecular complexity index is 832. The minimum atomic E-state index is -0.0493. The number of likely N-dealkylation sites (tertiary alicyclic amines) is 1. The molecule has 1 saturated heterocycles. The summed E-state index contributed by atoms with van der Waals surface area (Å²) in [6.45, 7) is 3.35. The van der Waals surface area contributed by atoms with Gasteiger partial charge in [-0.15, -0.1) is 0 Å². The third-order valence-corrected chi connectivity index (χ3v) is 4.21. The maximum absolute atomic E-state index is 12.7. The third-order valence-electron chi connectivity index (χ3n) is 4.21. The van der Waals surface area contributed by atoms with Crippen LogP contribution in [0.3, 0.4) is 0 Å². The fraction of sp³-hybridized carbons (Fsp3) is 0.333. The van der Waals surface area contributed by atoms with E-state index in [4.69, 9.17) is 11.5 Å². The van der Waals surface area contributed by atoms with Gasteiger partial charge in [-0.3, -0.25) is 4.79 Å². The highest BCUT2D eigenvalue weighted by atomic mass is 16.2. The van der Waals surface area contributed by atoms with Gasteiger partial charge in [0.1, 0.15) is 5.82 Å². The molecule has 0 atom stereocenters. The van der Waals surface area contributed by atoms with E-state index in [9.17, 15) is 4.79 Å². The fourth-order valence-corrected chi connectivity index (χ4v) is 2.91. The van der Waals surface area contributed by atoms with Crippen LogP contribution in [0.2, 0.25) is 0 Å². The van der Waals surface area contributed by atoms with Gasteiger partial charge in [-0.2, -0.15) is 5.10 Å². The molecule has 0 unspecified atom stereocenters. The molecular weight excluding hydrogens is 316 g/mol. The molecule has 0 bridgehead atoms. The summed E-state index contributed by atoms with van der Waals surface area (Å²) < 4.78 is 3.54. The second-order valence-corrected chi connectivity index (χ2v) is 6.39. The Kier molecular flexibility index (Phi) is 4.65. The first kappa shape index (κ1) is 16.9. The number of carbonyl (C=O) groups is 1. The molecule has 1 fully saturated rings. The molecule has 7 heteroatoms. The van der Waals surface area contributed by atoms with E-state index in [1.54, 1.807) is 29.8 Å². The SMILES string of the molecule is C/C(N)=C/C=C(\N)n1nc(C(=O)N2CCCC2)cc1-c1ccn(C)c1. The predicted molar refractivity (Wildman–Crippen MR) is 98.2 cm³/mol. The van der Waals surface area contributed by atoms with E-state index >= 15 is 0 Å². The lowest BCUT2D eigenvalue weighted by Crippen LogP contribution is -2.28. The molecule has 0 spiro atoms. The van der Waals surface area contributed by atoms with Crippen molar-refractivity contribution in [1.29, 1.82) is 0 Å². The van der Waals surface area contributed by atoms with Crippen LogP contribution in [0, 0.1) is 0 Å². The monoisotopic (exact) mass is 340 g/mol. The van der Waals surface area contributed by atoms with Crippen molar-refractivity contribution in [3.8, 4) is 11.3 Å². The number of allylic oxidation sites excluding steroid dienone is 3. The minimum absolute atomic E-state index is 0.0493. The number of hydrogen-bond donors (Lipinski definition) is 2. The largest absolute Gasteiger partial charge is 0.402 e. The summed E-state index contributed by atoms with van der Waals surface area (Å²) in [5.41, 5.74) is 14.6. The van der Waals surface area contributed by atoms with Crippen LogP contribution in [0.5, 0.6) is 0 Å². The van der Waals surface area contributed by atoms with E-state index in [-0.39, 0.29) is 5.91 Å². The fourth-order valence-electron chi connectivity index (χ4n) is 2.91. The maximum atomic E-state index is 12.7. The molecule has 25 heavy (non-hydrogen) atoms. The van der Waals surface area contributed by atoms with Crippen LogP contribution in [0.25, 0.3) is 17.1 Å². The van der Waals surface area contributed by atoms with Crippen LogP contribution < -0.4 is 11.5 Å². The molecule has 0 aromatic carbocycles. The molecule has 2 aromatic rings. The first-order chi connectivity index (χ1) is 12.0. The molecule has 132 valence electrons. The first-order valence-corrected chi connectivity index (χ1v) is 8.37. The van der Waals surface area contributed by atoms with Gasteiger partial charge in [-0.1, -0.05) is 0 Å². The molecule has 1 amide bonds. The van der Waals surface area contributed by atoms with Crippen molar-refractivity contribution in [3.05, 3.63) is 48.1 Å². The van der Waals surface area contributed by atoms with Gasteiger partial charge in [0.05, 0.1) is 5.69 Å². The molecule has 4 N–H and O–H groups in total. The number of nitrogens with zero attached hydrogens (tertiary/aromatic N) is 4. The Hall–Kier alpha value is -2.96. The summed E-state index contributed by atoms with van der Waals surface area (Å²) in [6, 6.07) is 3.77. The van der Waals surface area contributed by atoms with Gasteiger partial charge in [0, 0.05) is 43.8 Å². The Morgan fingerprint density at radius 3 is 2.56 bits per heavy atom. The van der Waals surface area contributed by atoms with E-state index in [1.807, 2.05) is 35.0 Å². The molecule has 1 aliphatic rings. The highest BCUT2D eigenvalue weighted by Gasteiger charge is 2.24. The number of hydrogen-bond acceptors (Lipinski definition) is 4. The van der Waals surface area contributed by atoms with Gasteiger partial charge in [-0.25, -0.2) is 4.68 Å².